The van der Waals surface area contributed by atoms with Gasteiger partial charge in [-0.2, -0.15) is 0 Å². The number of carbonyl (C=O) groups excluding carboxylic acids is 2. The Morgan fingerprint density at radius 3 is 2.50 bits per heavy atom. The van der Waals surface area contributed by atoms with Crippen LogP contribution in [0.25, 0.3) is 0 Å². The molecule has 0 unspecified atom stereocenters. The van der Waals surface area contributed by atoms with Gasteiger partial charge in [0.1, 0.15) is 18.3 Å². The zero-order valence-electron chi connectivity index (χ0n) is 8.09. The lowest BCUT2D eigenvalue weighted by molar-refractivity contribution is -0.124. The molecule has 2 amide bonds. The molecule has 88 valence electrons. The summed E-state index contributed by atoms with van der Waals surface area (Å²) in [5, 5.41) is 21.4. The van der Waals surface area contributed by atoms with Gasteiger partial charge in [-0.05, 0) is 0 Å². The van der Waals surface area contributed by atoms with Crippen molar-refractivity contribution in [3.63, 3.8) is 0 Å². The number of carbonyl (C=O) groups is 2. The molecule has 0 saturated carbocycles. The maximum absolute atomic E-state index is 11.3. The van der Waals surface area contributed by atoms with E-state index in [0.717, 1.165) is 6.08 Å². The largest absolute Gasteiger partial charge is 0.388 e. The predicted octanol–water partition coefficient (Wildman–Crippen LogP) is -1.51. The Labute approximate surface area is 105 Å². The SMILES string of the molecule is O=C1C=C([C@@H]2O[C@H](CI)[C@@H](O)[C@H]2O)C(=O)N1. The average Bonchev–Trinajstić information content (AvgIpc) is 2.70. The molecule has 2 aliphatic heterocycles. The summed E-state index contributed by atoms with van der Waals surface area (Å²) >= 11 is 2.01. The number of alkyl halides is 1. The van der Waals surface area contributed by atoms with E-state index in [4.69, 9.17) is 4.74 Å². The van der Waals surface area contributed by atoms with Gasteiger partial charge in [0.05, 0.1) is 11.7 Å². The fourth-order valence-corrected chi connectivity index (χ4v) is 2.50. The molecular weight excluding hydrogens is 329 g/mol. The molecule has 4 atom stereocenters. The van der Waals surface area contributed by atoms with Gasteiger partial charge >= 0.3 is 0 Å². The first-order chi connectivity index (χ1) is 7.54. The summed E-state index contributed by atoms with van der Waals surface area (Å²) in [7, 11) is 0. The molecule has 0 aromatic heterocycles. The van der Waals surface area contributed by atoms with E-state index in [9.17, 15) is 19.8 Å². The third-order valence-corrected chi connectivity index (χ3v) is 3.47. The molecule has 2 rings (SSSR count). The summed E-state index contributed by atoms with van der Waals surface area (Å²) in [6, 6.07) is 0. The molecule has 7 heteroatoms. The van der Waals surface area contributed by atoms with Gasteiger partial charge in [-0.15, -0.1) is 0 Å². The Balaban J connectivity index is 2.20. The Morgan fingerprint density at radius 2 is 2.06 bits per heavy atom. The van der Waals surface area contributed by atoms with Crippen LogP contribution >= 0.6 is 22.6 Å². The predicted molar refractivity (Wildman–Crippen MR) is 60.8 cm³/mol. The number of ether oxygens (including phenoxy) is 1. The number of aliphatic hydroxyl groups excluding tert-OH is 2. The number of halogens is 1. The molecule has 0 aliphatic carbocycles. The van der Waals surface area contributed by atoms with Crippen molar-refractivity contribution in [2.75, 3.05) is 4.43 Å². The van der Waals surface area contributed by atoms with E-state index < -0.39 is 36.2 Å². The van der Waals surface area contributed by atoms with Crippen LogP contribution in [0.3, 0.4) is 0 Å². The molecule has 1 fully saturated rings. The molecule has 2 heterocycles. The maximum atomic E-state index is 11.3. The lowest BCUT2D eigenvalue weighted by atomic mass is 10.0. The molecular formula is C9H10INO5. The average molecular weight is 339 g/mol. The fourth-order valence-electron chi connectivity index (χ4n) is 1.77. The minimum absolute atomic E-state index is 0.0731. The molecule has 0 aromatic carbocycles. The summed E-state index contributed by atoms with van der Waals surface area (Å²) in [4.78, 5) is 22.3. The van der Waals surface area contributed by atoms with Gasteiger partial charge in [-0.3, -0.25) is 14.9 Å². The number of hydrogen-bond acceptors (Lipinski definition) is 5. The quantitative estimate of drug-likeness (QED) is 0.323. The van der Waals surface area contributed by atoms with Gasteiger partial charge in [0.25, 0.3) is 11.8 Å². The van der Waals surface area contributed by atoms with Gasteiger partial charge < -0.3 is 14.9 Å². The summed E-state index contributed by atoms with van der Waals surface area (Å²) in [6.45, 7) is 0. The lowest BCUT2D eigenvalue weighted by Gasteiger charge is -2.13. The molecule has 1 saturated heterocycles. The van der Waals surface area contributed by atoms with Crippen molar-refractivity contribution in [1.29, 1.82) is 0 Å². The molecule has 0 aromatic rings. The van der Waals surface area contributed by atoms with Crippen LogP contribution in [0.5, 0.6) is 0 Å². The van der Waals surface area contributed by atoms with Gasteiger partial charge in [0, 0.05) is 10.5 Å². The smallest absolute Gasteiger partial charge is 0.256 e. The number of imide groups is 1. The number of amides is 2. The molecule has 0 radical (unpaired) electrons. The summed E-state index contributed by atoms with van der Waals surface area (Å²) < 4.78 is 5.84. The van der Waals surface area contributed by atoms with E-state index in [-0.39, 0.29) is 5.57 Å². The molecule has 2 aliphatic rings. The number of nitrogens with one attached hydrogen (secondary N) is 1. The van der Waals surface area contributed by atoms with E-state index in [0.29, 0.717) is 4.43 Å². The van der Waals surface area contributed by atoms with Gasteiger partial charge in [0.15, 0.2) is 0 Å². The third kappa shape index (κ3) is 1.88. The maximum Gasteiger partial charge on any atom is 0.256 e. The van der Waals surface area contributed by atoms with Crippen molar-refractivity contribution in [2.45, 2.75) is 24.4 Å². The fraction of sp³-hybridized carbons (Fsp3) is 0.556. The molecule has 0 spiro atoms. The van der Waals surface area contributed by atoms with Crippen LogP contribution in [0, 0.1) is 0 Å². The van der Waals surface area contributed by atoms with Gasteiger partial charge in [-0.1, -0.05) is 22.6 Å². The van der Waals surface area contributed by atoms with Gasteiger partial charge in [0.2, 0.25) is 0 Å². The van der Waals surface area contributed by atoms with Crippen LogP contribution in [0.2, 0.25) is 0 Å². The Hall–Kier alpha value is -0.510. The highest BCUT2D eigenvalue weighted by Gasteiger charge is 2.46. The van der Waals surface area contributed by atoms with E-state index >= 15 is 0 Å². The van der Waals surface area contributed by atoms with Crippen molar-refractivity contribution in [2.24, 2.45) is 0 Å². The third-order valence-electron chi connectivity index (χ3n) is 2.61. The van der Waals surface area contributed by atoms with E-state index in [1.807, 2.05) is 22.6 Å². The number of aliphatic hydroxyl groups is 2. The van der Waals surface area contributed by atoms with E-state index in [2.05, 4.69) is 5.32 Å². The Bertz CT molecular complexity index is 369. The first-order valence-electron chi connectivity index (χ1n) is 4.69. The monoisotopic (exact) mass is 339 g/mol. The zero-order valence-corrected chi connectivity index (χ0v) is 10.2. The van der Waals surface area contributed by atoms with Crippen LogP contribution < -0.4 is 5.32 Å². The zero-order chi connectivity index (χ0) is 11.9. The Morgan fingerprint density at radius 1 is 1.38 bits per heavy atom. The second-order valence-corrected chi connectivity index (χ2v) is 4.53. The standard InChI is InChI=1S/C9H10INO5/c10-2-4-6(13)7(14)8(16-4)3-1-5(12)11-9(3)15/h1,4,6-8,13-14H,2H2,(H,11,12,15)/t4-,6-,7-,8+/m1/s1. The topological polar surface area (TPSA) is 95.9 Å². The number of hydrogen-bond donors (Lipinski definition) is 3. The van der Waals surface area contributed by atoms with Crippen LogP contribution in [0.1, 0.15) is 0 Å². The van der Waals surface area contributed by atoms with Gasteiger partial charge in [-0.25, -0.2) is 0 Å². The summed E-state index contributed by atoms with van der Waals surface area (Å²) in [5.74, 6) is -1.10. The lowest BCUT2D eigenvalue weighted by Crippen LogP contribution is -2.35. The minimum atomic E-state index is -1.18. The van der Waals surface area contributed by atoms with Crippen LogP contribution in [0.4, 0.5) is 0 Å². The highest BCUT2D eigenvalue weighted by atomic mass is 127. The van der Waals surface area contributed by atoms with Crippen molar-refractivity contribution >= 4 is 34.4 Å². The highest BCUT2D eigenvalue weighted by Crippen LogP contribution is 2.28. The van der Waals surface area contributed by atoms with Crippen LogP contribution in [-0.4, -0.2) is 50.9 Å². The molecule has 6 nitrogen and oxygen atoms in total. The minimum Gasteiger partial charge on any atom is -0.388 e. The first kappa shape index (κ1) is 12.0. The molecule has 0 bridgehead atoms. The van der Waals surface area contributed by atoms with E-state index in [1.165, 1.54) is 0 Å². The summed E-state index contributed by atoms with van der Waals surface area (Å²) in [5.41, 5.74) is 0.0731. The number of rotatable bonds is 2. The van der Waals surface area contributed by atoms with Crippen LogP contribution in [-0.2, 0) is 14.3 Å². The van der Waals surface area contributed by atoms with E-state index in [1.54, 1.807) is 0 Å². The first-order valence-corrected chi connectivity index (χ1v) is 6.21. The Kier molecular flexibility index (Phi) is 3.29. The molecule has 3 N–H and O–H groups in total. The molecule has 16 heavy (non-hydrogen) atoms. The van der Waals surface area contributed by atoms with Crippen molar-refractivity contribution < 1.29 is 24.5 Å². The van der Waals surface area contributed by atoms with Crippen molar-refractivity contribution in [3.8, 4) is 0 Å². The van der Waals surface area contributed by atoms with Crippen LogP contribution in [0.15, 0.2) is 11.6 Å². The second kappa shape index (κ2) is 4.40. The van der Waals surface area contributed by atoms with Crippen molar-refractivity contribution in [1.82, 2.24) is 5.32 Å². The van der Waals surface area contributed by atoms with Crippen molar-refractivity contribution in [3.05, 3.63) is 11.6 Å². The second-order valence-electron chi connectivity index (χ2n) is 3.65. The highest BCUT2D eigenvalue weighted by molar-refractivity contribution is 14.1. The normalized spacial score (nSPS) is 38.8. The summed E-state index contributed by atoms with van der Waals surface area (Å²) in [6.07, 6.45) is -2.57.